The Kier molecular flexibility index (Phi) is 5.19. The Morgan fingerprint density at radius 3 is 2.36 bits per heavy atom. The number of carbonyl (C=O) groups excluding carboxylic acids is 1. The number of carbonyl (C=O) groups is 1. The zero-order valence-corrected chi connectivity index (χ0v) is 14.4. The molecule has 4 heteroatoms. The quantitative estimate of drug-likeness (QED) is 0.713. The SMILES string of the molecule is CCOc1ccc(NC(=O)[C@@H](C)Oc2ccc3ccccc3c2)cc1. The maximum Gasteiger partial charge on any atom is 0.265 e. The van der Waals surface area contributed by atoms with Crippen LogP contribution in [-0.4, -0.2) is 18.6 Å². The fourth-order valence-electron chi connectivity index (χ4n) is 2.54. The largest absolute Gasteiger partial charge is 0.494 e. The molecule has 1 atom stereocenters. The average molecular weight is 335 g/mol. The van der Waals surface area contributed by atoms with Crippen LogP contribution in [0.4, 0.5) is 5.69 Å². The number of benzene rings is 3. The fourth-order valence-corrected chi connectivity index (χ4v) is 2.54. The van der Waals surface area contributed by atoms with E-state index in [0.29, 0.717) is 18.0 Å². The van der Waals surface area contributed by atoms with E-state index in [2.05, 4.69) is 5.32 Å². The van der Waals surface area contributed by atoms with Crippen LogP contribution in [-0.2, 0) is 4.79 Å². The van der Waals surface area contributed by atoms with Gasteiger partial charge >= 0.3 is 0 Å². The lowest BCUT2D eigenvalue weighted by Crippen LogP contribution is -2.30. The van der Waals surface area contributed by atoms with Gasteiger partial charge in [-0.15, -0.1) is 0 Å². The van der Waals surface area contributed by atoms with Crippen molar-refractivity contribution in [2.75, 3.05) is 11.9 Å². The second-order valence-electron chi connectivity index (χ2n) is 5.72. The Bertz CT molecular complexity index is 858. The molecule has 3 aromatic carbocycles. The van der Waals surface area contributed by atoms with Crippen LogP contribution in [0.15, 0.2) is 66.7 Å². The van der Waals surface area contributed by atoms with E-state index >= 15 is 0 Å². The monoisotopic (exact) mass is 335 g/mol. The summed E-state index contributed by atoms with van der Waals surface area (Å²) in [4.78, 5) is 12.3. The minimum Gasteiger partial charge on any atom is -0.494 e. The van der Waals surface area contributed by atoms with Gasteiger partial charge in [-0.1, -0.05) is 30.3 Å². The highest BCUT2D eigenvalue weighted by Crippen LogP contribution is 2.22. The van der Waals surface area contributed by atoms with Crippen molar-refractivity contribution in [2.45, 2.75) is 20.0 Å². The number of fused-ring (bicyclic) bond motifs is 1. The summed E-state index contributed by atoms with van der Waals surface area (Å²) >= 11 is 0. The third-order valence-electron chi connectivity index (χ3n) is 3.84. The van der Waals surface area contributed by atoms with Crippen molar-refractivity contribution in [1.29, 1.82) is 0 Å². The number of hydrogen-bond acceptors (Lipinski definition) is 3. The van der Waals surface area contributed by atoms with Gasteiger partial charge in [0.25, 0.3) is 5.91 Å². The fraction of sp³-hybridized carbons (Fsp3) is 0.190. The summed E-state index contributed by atoms with van der Waals surface area (Å²) in [5.74, 6) is 1.26. The van der Waals surface area contributed by atoms with Crippen LogP contribution in [0.2, 0.25) is 0 Å². The van der Waals surface area contributed by atoms with Gasteiger partial charge in [-0.3, -0.25) is 4.79 Å². The lowest BCUT2D eigenvalue weighted by Gasteiger charge is -2.15. The van der Waals surface area contributed by atoms with E-state index in [4.69, 9.17) is 9.47 Å². The van der Waals surface area contributed by atoms with Gasteiger partial charge in [0.2, 0.25) is 0 Å². The molecule has 0 saturated carbocycles. The molecule has 3 aromatic rings. The molecule has 0 saturated heterocycles. The summed E-state index contributed by atoms with van der Waals surface area (Å²) in [6.45, 7) is 4.28. The first-order valence-electron chi connectivity index (χ1n) is 8.35. The van der Waals surface area contributed by atoms with Crippen LogP contribution in [0, 0.1) is 0 Å². The first-order valence-corrected chi connectivity index (χ1v) is 8.35. The molecule has 0 aliphatic rings. The molecule has 0 unspecified atom stereocenters. The third kappa shape index (κ3) is 4.29. The van der Waals surface area contributed by atoms with Gasteiger partial charge in [-0.05, 0) is 61.0 Å². The second-order valence-corrected chi connectivity index (χ2v) is 5.72. The second kappa shape index (κ2) is 7.71. The Hall–Kier alpha value is -3.01. The molecule has 3 rings (SSSR count). The molecule has 0 aliphatic heterocycles. The predicted molar refractivity (Wildman–Crippen MR) is 100 cm³/mol. The highest BCUT2D eigenvalue weighted by atomic mass is 16.5. The van der Waals surface area contributed by atoms with Gasteiger partial charge in [0.05, 0.1) is 6.61 Å². The van der Waals surface area contributed by atoms with E-state index in [1.807, 2.05) is 73.7 Å². The smallest absolute Gasteiger partial charge is 0.265 e. The molecule has 4 nitrogen and oxygen atoms in total. The van der Waals surface area contributed by atoms with Crippen LogP contribution in [0.5, 0.6) is 11.5 Å². The van der Waals surface area contributed by atoms with Crippen molar-refractivity contribution in [2.24, 2.45) is 0 Å². The highest BCUT2D eigenvalue weighted by Gasteiger charge is 2.15. The Labute approximate surface area is 147 Å². The van der Waals surface area contributed by atoms with Gasteiger partial charge in [0.1, 0.15) is 11.5 Å². The van der Waals surface area contributed by atoms with Gasteiger partial charge in [0.15, 0.2) is 6.10 Å². The molecule has 0 aromatic heterocycles. The summed E-state index contributed by atoms with van der Waals surface area (Å²) in [5, 5.41) is 5.07. The van der Waals surface area contributed by atoms with Crippen LogP contribution >= 0.6 is 0 Å². The summed E-state index contributed by atoms with van der Waals surface area (Å²) in [5.41, 5.74) is 0.711. The summed E-state index contributed by atoms with van der Waals surface area (Å²) in [7, 11) is 0. The summed E-state index contributed by atoms with van der Waals surface area (Å²) in [6.07, 6.45) is -0.604. The minimum absolute atomic E-state index is 0.197. The van der Waals surface area contributed by atoms with Crippen molar-refractivity contribution >= 4 is 22.4 Å². The van der Waals surface area contributed by atoms with Gasteiger partial charge in [-0.2, -0.15) is 0 Å². The molecule has 0 radical (unpaired) electrons. The zero-order valence-electron chi connectivity index (χ0n) is 14.4. The van der Waals surface area contributed by atoms with Crippen LogP contribution in [0.25, 0.3) is 10.8 Å². The van der Waals surface area contributed by atoms with Gasteiger partial charge in [0, 0.05) is 5.69 Å². The Morgan fingerprint density at radius 1 is 0.960 bits per heavy atom. The molecule has 0 heterocycles. The van der Waals surface area contributed by atoms with Gasteiger partial charge in [-0.25, -0.2) is 0 Å². The molecule has 0 bridgehead atoms. The Morgan fingerprint density at radius 2 is 1.64 bits per heavy atom. The number of hydrogen-bond donors (Lipinski definition) is 1. The van der Waals surface area contributed by atoms with Crippen molar-refractivity contribution in [3.63, 3.8) is 0 Å². The number of nitrogens with one attached hydrogen (secondary N) is 1. The molecule has 0 spiro atoms. The molecule has 1 N–H and O–H groups in total. The highest BCUT2D eigenvalue weighted by molar-refractivity contribution is 5.94. The van der Waals surface area contributed by atoms with Crippen molar-refractivity contribution in [3.05, 3.63) is 66.7 Å². The van der Waals surface area contributed by atoms with Gasteiger partial charge < -0.3 is 14.8 Å². The van der Waals surface area contributed by atoms with E-state index < -0.39 is 6.10 Å². The number of anilines is 1. The molecule has 0 fully saturated rings. The maximum atomic E-state index is 12.3. The normalized spacial score (nSPS) is 11.8. The van der Waals surface area contributed by atoms with E-state index in [0.717, 1.165) is 16.5 Å². The zero-order chi connectivity index (χ0) is 17.6. The van der Waals surface area contributed by atoms with Crippen molar-refractivity contribution in [1.82, 2.24) is 0 Å². The molecule has 25 heavy (non-hydrogen) atoms. The van der Waals surface area contributed by atoms with Crippen LogP contribution in [0.1, 0.15) is 13.8 Å². The Balaban J connectivity index is 1.63. The first-order chi connectivity index (χ1) is 12.2. The van der Waals surface area contributed by atoms with Crippen LogP contribution < -0.4 is 14.8 Å². The lowest BCUT2D eigenvalue weighted by molar-refractivity contribution is -0.122. The third-order valence-corrected chi connectivity index (χ3v) is 3.84. The standard InChI is InChI=1S/C21H21NO3/c1-3-24-19-12-9-18(10-13-19)22-21(23)15(2)25-20-11-8-16-6-4-5-7-17(16)14-20/h4-15H,3H2,1-2H3,(H,22,23)/t15-/m1/s1. The first kappa shape index (κ1) is 16.8. The van der Waals surface area contributed by atoms with E-state index in [1.54, 1.807) is 6.92 Å². The summed E-state index contributed by atoms with van der Waals surface area (Å²) < 4.78 is 11.2. The lowest BCUT2D eigenvalue weighted by atomic mass is 10.1. The molecule has 1 amide bonds. The van der Waals surface area contributed by atoms with Crippen LogP contribution in [0.3, 0.4) is 0 Å². The minimum atomic E-state index is -0.604. The summed E-state index contributed by atoms with van der Waals surface area (Å²) in [6, 6.07) is 21.1. The topological polar surface area (TPSA) is 47.6 Å². The maximum absolute atomic E-state index is 12.3. The van der Waals surface area contributed by atoms with E-state index in [9.17, 15) is 4.79 Å². The van der Waals surface area contributed by atoms with E-state index in [-0.39, 0.29) is 5.91 Å². The number of amides is 1. The number of rotatable bonds is 6. The molecular formula is C21H21NO3. The molecule has 0 aliphatic carbocycles. The molecule has 128 valence electrons. The van der Waals surface area contributed by atoms with E-state index in [1.165, 1.54) is 0 Å². The molecular weight excluding hydrogens is 314 g/mol. The number of ether oxygens (including phenoxy) is 2. The average Bonchev–Trinajstić information content (AvgIpc) is 2.63. The predicted octanol–water partition coefficient (Wildman–Crippen LogP) is 4.64. The van der Waals surface area contributed by atoms with Crippen molar-refractivity contribution < 1.29 is 14.3 Å². The van der Waals surface area contributed by atoms with Crippen molar-refractivity contribution in [3.8, 4) is 11.5 Å².